The zero-order valence-corrected chi connectivity index (χ0v) is 13.1. The molecule has 0 aromatic heterocycles. The summed E-state index contributed by atoms with van der Waals surface area (Å²) in [6.07, 6.45) is 3.21. The third-order valence-corrected chi connectivity index (χ3v) is 3.09. The van der Waals surface area contributed by atoms with Gasteiger partial charge in [0, 0.05) is 18.2 Å². The predicted molar refractivity (Wildman–Crippen MR) is 83.9 cm³/mol. The molecule has 0 spiro atoms. The van der Waals surface area contributed by atoms with Crippen molar-refractivity contribution in [3.05, 3.63) is 41.5 Å². The van der Waals surface area contributed by atoms with E-state index >= 15 is 0 Å². The van der Waals surface area contributed by atoms with Crippen LogP contribution in [-0.2, 0) is 9.59 Å². The lowest BCUT2D eigenvalue weighted by Crippen LogP contribution is -2.45. The Balaban J connectivity index is 2.83. The van der Waals surface area contributed by atoms with Crippen LogP contribution in [0, 0.1) is 6.92 Å². The second-order valence-electron chi connectivity index (χ2n) is 6.05. The van der Waals surface area contributed by atoms with Crippen LogP contribution in [-0.4, -0.2) is 34.0 Å². The van der Waals surface area contributed by atoms with Crippen LogP contribution in [0.15, 0.2) is 30.3 Å². The Morgan fingerprint density at radius 2 is 1.95 bits per heavy atom. The summed E-state index contributed by atoms with van der Waals surface area (Å²) in [4.78, 5) is 24.6. The fourth-order valence-corrected chi connectivity index (χ4v) is 2.01. The second-order valence-corrected chi connectivity index (χ2v) is 6.05. The number of carboxylic acid groups (broad SMARTS) is 1. The minimum absolute atomic E-state index is 0.0543. The Bertz CT molecular complexity index is 541. The van der Waals surface area contributed by atoms with Crippen molar-refractivity contribution in [1.29, 1.82) is 0 Å². The van der Waals surface area contributed by atoms with Gasteiger partial charge in [0.05, 0.1) is 6.42 Å². The molecule has 0 aliphatic carbocycles. The van der Waals surface area contributed by atoms with E-state index in [0.29, 0.717) is 0 Å². The number of hydrogen-bond acceptors (Lipinski definition) is 2. The molecule has 1 aromatic rings. The number of benzene rings is 1. The third kappa shape index (κ3) is 5.81. The molecule has 0 saturated carbocycles. The topological polar surface area (TPSA) is 57.6 Å². The fourth-order valence-electron chi connectivity index (χ4n) is 2.01. The molecule has 0 radical (unpaired) electrons. The van der Waals surface area contributed by atoms with Crippen LogP contribution in [0.4, 0.5) is 0 Å². The molecule has 1 aromatic carbocycles. The molecular formula is C17H23NO3. The summed E-state index contributed by atoms with van der Waals surface area (Å²) in [5, 5.41) is 8.79. The number of amides is 1. The quantitative estimate of drug-likeness (QED) is 0.847. The van der Waals surface area contributed by atoms with Gasteiger partial charge in [0.25, 0.3) is 0 Å². The number of carbonyl (C=O) groups excluding carboxylic acids is 1. The summed E-state index contributed by atoms with van der Waals surface area (Å²) in [5.41, 5.74) is 1.67. The van der Waals surface area contributed by atoms with E-state index in [-0.39, 0.29) is 18.9 Å². The van der Waals surface area contributed by atoms with Gasteiger partial charge in [0.15, 0.2) is 0 Å². The molecule has 0 saturated heterocycles. The van der Waals surface area contributed by atoms with Gasteiger partial charge in [-0.05, 0) is 39.3 Å². The van der Waals surface area contributed by atoms with Crippen molar-refractivity contribution in [1.82, 2.24) is 4.90 Å². The molecule has 1 N–H and O–H groups in total. The van der Waals surface area contributed by atoms with E-state index in [9.17, 15) is 9.59 Å². The van der Waals surface area contributed by atoms with Gasteiger partial charge in [-0.3, -0.25) is 9.59 Å². The summed E-state index contributed by atoms with van der Waals surface area (Å²) < 4.78 is 0. The van der Waals surface area contributed by atoms with Gasteiger partial charge >= 0.3 is 5.97 Å². The fraction of sp³-hybridized carbons (Fsp3) is 0.412. The first kappa shape index (κ1) is 17.0. The van der Waals surface area contributed by atoms with Crippen LogP contribution in [0.25, 0.3) is 6.08 Å². The highest BCUT2D eigenvalue weighted by Crippen LogP contribution is 2.15. The minimum atomic E-state index is -0.903. The predicted octanol–water partition coefficient (Wildman–Crippen LogP) is 3.11. The van der Waals surface area contributed by atoms with Crippen molar-refractivity contribution in [3.8, 4) is 0 Å². The standard InChI is InChI=1S/C17H23NO3/c1-13-6-5-7-14(12-13)8-9-15(19)18(17(2,3)4)11-10-16(20)21/h5-9,12H,10-11H2,1-4H3,(H,20,21)/b9-8+. The summed E-state index contributed by atoms with van der Waals surface area (Å²) in [6, 6.07) is 7.84. The molecule has 1 rings (SSSR count). The maximum Gasteiger partial charge on any atom is 0.305 e. The molecule has 21 heavy (non-hydrogen) atoms. The molecule has 114 valence electrons. The van der Waals surface area contributed by atoms with Gasteiger partial charge < -0.3 is 10.0 Å². The highest BCUT2D eigenvalue weighted by molar-refractivity contribution is 5.92. The number of carboxylic acids is 1. The lowest BCUT2D eigenvalue weighted by molar-refractivity contribution is -0.139. The number of nitrogens with zero attached hydrogens (tertiary/aromatic N) is 1. The van der Waals surface area contributed by atoms with Crippen LogP contribution in [0.1, 0.15) is 38.3 Å². The van der Waals surface area contributed by atoms with E-state index in [4.69, 9.17) is 5.11 Å². The van der Waals surface area contributed by atoms with Crippen LogP contribution in [0.3, 0.4) is 0 Å². The molecule has 4 heteroatoms. The molecule has 0 fully saturated rings. The Morgan fingerprint density at radius 1 is 1.29 bits per heavy atom. The Hall–Kier alpha value is -2.10. The number of aliphatic carboxylic acids is 1. The van der Waals surface area contributed by atoms with Crippen LogP contribution in [0.5, 0.6) is 0 Å². The summed E-state index contributed by atoms with van der Waals surface area (Å²) >= 11 is 0. The first-order valence-electron chi connectivity index (χ1n) is 6.98. The normalized spacial score (nSPS) is 11.6. The molecular weight excluding hydrogens is 266 g/mol. The maximum absolute atomic E-state index is 12.3. The van der Waals surface area contributed by atoms with Crippen LogP contribution >= 0.6 is 0 Å². The smallest absolute Gasteiger partial charge is 0.305 e. The lowest BCUT2D eigenvalue weighted by atomic mass is 10.0. The average Bonchev–Trinajstić information content (AvgIpc) is 2.34. The van der Waals surface area contributed by atoms with E-state index in [1.165, 1.54) is 6.08 Å². The van der Waals surface area contributed by atoms with Gasteiger partial charge in [-0.25, -0.2) is 0 Å². The molecule has 0 bridgehead atoms. The SMILES string of the molecule is Cc1cccc(/C=C/C(=O)N(CCC(=O)O)C(C)(C)C)c1. The molecule has 0 aliphatic rings. The molecule has 4 nitrogen and oxygen atoms in total. The number of carbonyl (C=O) groups is 2. The number of rotatable bonds is 5. The van der Waals surface area contributed by atoms with Crippen LogP contribution < -0.4 is 0 Å². The first-order valence-corrected chi connectivity index (χ1v) is 6.98. The minimum Gasteiger partial charge on any atom is -0.481 e. The Morgan fingerprint density at radius 3 is 2.48 bits per heavy atom. The lowest BCUT2D eigenvalue weighted by Gasteiger charge is -2.34. The average molecular weight is 289 g/mol. The van der Waals surface area contributed by atoms with E-state index < -0.39 is 11.5 Å². The summed E-state index contributed by atoms with van der Waals surface area (Å²) in [7, 11) is 0. The first-order chi connectivity index (χ1) is 9.70. The summed E-state index contributed by atoms with van der Waals surface area (Å²) in [5.74, 6) is -1.08. The van der Waals surface area contributed by atoms with Crippen molar-refractivity contribution in [2.45, 2.75) is 39.7 Å². The van der Waals surface area contributed by atoms with E-state index in [1.54, 1.807) is 11.0 Å². The van der Waals surface area contributed by atoms with Crippen molar-refractivity contribution in [3.63, 3.8) is 0 Å². The highest BCUT2D eigenvalue weighted by atomic mass is 16.4. The molecule has 0 heterocycles. The van der Waals surface area contributed by atoms with Gasteiger partial charge in [-0.2, -0.15) is 0 Å². The van der Waals surface area contributed by atoms with E-state index in [2.05, 4.69) is 0 Å². The third-order valence-electron chi connectivity index (χ3n) is 3.09. The van der Waals surface area contributed by atoms with Gasteiger partial charge in [0.2, 0.25) is 5.91 Å². The van der Waals surface area contributed by atoms with Crippen molar-refractivity contribution < 1.29 is 14.7 Å². The largest absolute Gasteiger partial charge is 0.481 e. The van der Waals surface area contributed by atoms with Gasteiger partial charge in [-0.1, -0.05) is 29.8 Å². The Kier molecular flexibility index (Phi) is 5.70. The maximum atomic E-state index is 12.3. The second kappa shape index (κ2) is 7.07. The zero-order valence-electron chi connectivity index (χ0n) is 13.1. The van der Waals surface area contributed by atoms with Crippen LogP contribution in [0.2, 0.25) is 0 Å². The zero-order chi connectivity index (χ0) is 16.0. The number of hydrogen-bond donors (Lipinski definition) is 1. The van der Waals surface area contributed by atoms with Gasteiger partial charge in [0.1, 0.15) is 0 Å². The Labute approximate surface area is 126 Å². The van der Waals surface area contributed by atoms with Crippen molar-refractivity contribution in [2.75, 3.05) is 6.54 Å². The number of aryl methyl sites for hydroxylation is 1. The van der Waals surface area contributed by atoms with E-state index in [0.717, 1.165) is 11.1 Å². The van der Waals surface area contributed by atoms with E-state index in [1.807, 2.05) is 52.0 Å². The van der Waals surface area contributed by atoms with Crippen molar-refractivity contribution in [2.24, 2.45) is 0 Å². The van der Waals surface area contributed by atoms with Crippen molar-refractivity contribution >= 4 is 18.0 Å². The molecule has 0 atom stereocenters. The van der Waals surface area contributed by atoms with Gasteiger partial charge in [-0.15, -0.1) is 0 Å². The molecule has 0 aliphatic heterocycles. The molecule has 1 amide bonds. The highest BCUT2D eigenvalue weighted by Gasteiger charge is 2.25. The monoisotopic (exact) mass is 289 g/mol. The summed E-state index contributed by atoms with van der Waals surface area (Å²) in [6.45, 7) is 7.89. The molecule has 0 unspecified atom stereocenters.